The number of piperazine rings is 1. The Morgan fingerprint density at radius 3 is 2.72 bits per heavy atom. The first-order valence-electron chi connectivity index (χ1n) is 12.6. The number of nitrogens with two attached hydrogens (primary N) is 1. The van der Waals surface area contributed by atoms with Crippen LogP contribution in [-0.2, 0) is 9.53 Å². The van der Waals surface area contributed by atoms with Crippen LogP contribution in [0.4, 0.5) is 26.1 Å². The van der Waals surface area contributed by atoms with Crippen LogP contribution in [0.2, 0.25) is 0 Å². The number of carbonyl (C=O) groups is 1. The third-order valence-corrected chi connectivity index (χ3v) is 6.67. The van der Waals surface area contributed by atoms with Crippen molar-refractivity contribution in [3.8, 4) is 11.1 Å². The van der Waals surface area contributed by atoms with Crippen molar-refractivity contribution in [1.29, 1.82) is 0 Å². The number of primary amides is 1. The van der Waals surface area contributed by atoms with Crippen molar-refractivity contribution in [1.82, 2.24) is 19.3 Å². The Morgan fingerprint density at radius 2 is 1.95 bits per heavy atom. The fourth-order valence-electron chi connectivity index (χ4n) is 4.60. The van der Waals surface area contributed by atoms with Gasteiger partial charge in [-0.3, -0.25) is 14.1 Å². The monoisotopic (exact) mass is 533 g/mol. The fraction of sp³-hybridized carbons (Fsp3) is 0.250. The van der Waals surface area contributed by atoms with E-state index in [1.54, 1.807) is 30.0 Å². The molecule has 0 radical (unpaired) electrons. The number of anilines is 3. The molecule has 9 nitrogen and oxygen atoms in total. The molecule has 1 aliphatic heterocycles. The first-order chi connectivity index (χ1) is 18.9. The van der Waals surface area contributed by atoms with Gasteiger partial charge in [0.05, 0.1) is 18.0 Å². The summed E-state index contributed by atoms with van der Waals surface area (Å²) in [6.45, 7) is 4.16. The van der Waals surface area contributed by atoms with Gasteiger partial charge in [0.15, 0.2) is 11.6 Å². The number of methoxy groups -OCH3 is 1. The maximum absolute atomic E-state index is 15.1. The molecule has 0 unspecified atom stereocenters. The van der Waals surface area contributed by atoms with Gasteiger partial charge >= 0.3 is 0 Å². The van der Waals surface area contributed by atoms with E-state index in [2.05, 4.69) is 20.2 Å². The number of nitrogens with one attached hydrogen (secondary N) is 1. The molecule has 202 valence electrons. The predicted molar refractivity (Wildman–Crippen MR) is 147 cm³/mol. The number of benzene rings is 2. The number of halogens is 2. The molecular weight excluding hydrogens is 504 g/mol. The Kier molecular flexibility index (Phi) is 7.80. The lowest BCUT2D eigenvalue weighted by molar-refractivity contribution is -0.113. The van der Waals surface area contributed by atoms with E-state index >= 15 is 8.78 Å². The molecule has 2 aromatic carbocycles. The van der Waals surface area contributed by atoms with E-state index in [1.807, 2.05) is 41.4 Å². The lowest BCUT2D eigenvalue weighted by Gasteiger charge is -2.36. The van der Waals surface area contributed by atoms with E-state index in [4.69, 9.17) is 10.5 Å². The molecule has 3 heterocycles. The average molecular weight is 534 g/mol. The molecule has 3 N–H and O–H groups in total. The Labute approximate surface area is 224 Å². The lowest BCUT2D eigenvalue weighted by atomic mass is 10.1. The Balaban J connectivity index is 1.35. The van der Waals surface area contributed by atoms with Crippen LogP contribution in [0.15, 0.2) is 61.1 Å². The van der Waals surface area contributed by atoms with Crippen molar-refractivity contribution in [2.45, 2.75) is 0 Å². The van der Waals surface area contributed by atoms with Gasteiger partial charge in [-0.2, -0.15) is 4.98 Å². The second-order valence-corrected chi connectivity index (χ2v) is 9.21. The third-order valence-electron chi connectivity index (χ3n) is 6.67. The molecule has 1 amide bonds. The molecule has 0 aliphatic carbocycles. The molecule has 1 saturated heterocycles. The molecule has 0 atom stereocenters. The van der Waals surface area contributed by atoms with Crippen molar-refractivity contribution >= 4 is 35.0 Å². The molecule has 1 fully saturated rings. The number of hydrogen-bond acceptors (Lipinski definition) is 7. The summed E-state index contributed by atoms with van der Waals surface area (Å²) in [6.07, 6.45) is 6.29. The van der Waals surface area contributed by atoms with Gasteiger partial charge in [0, 0.05) is 57.7 Å². The van der Waals surface area contributed by atoms with Crippen LogP contribution < -0.4 is 16.0 Å². The third kappa shape index (κ3) is 5.89. The van der Waals surface area contributed by atoms with Gasteiger partial charge in [-0.05, 0) is 41.5 Å². The molecule has 0 bridgehead atoms. The molecule has 0 spiro atoms. The number of amides is 1. The van der Waals surface area contributed by atoms with Gasteiger partial charge in [0.2, 0.25) is 11.9 Å². The summed E-state index contributed by atoms with van der Waals surface area (Å²) in [4.78, 5) is 24.0. The maximum atomic E-state index is 15.1. The lowest BCUT2D eigenvalue weighted by Crippen LogP contribution is -2.47. The highest BCUT2D eigenvalue weighted by Gasteiger charge is 2.23. The summed E-state index contributed by atoms with van der Waals surface area (Å²) >= 11 is 0. The first-order valence-corrected chi connectivity index (χ1v) is 12.6. The SMILES string of the molecule is COCCN1CCN(c2ccc(Nc3ncn4ccc(-c5cccc(C=CC(N)=O)c5)c4n3)c(F)c2F)CC1. The zero-order chi connectivity index (χ0) is 27.4. The summed E-state index contributed by atoms with van der Waals surface area (Å²) in [5.41, 5.74) is 8.43. The van der Waals surface area contributed by atoms with Crippen LogP contribution in [0.1, 0.15) is 5.56 Å². The van der Waals surface area contributed by atoms with Crippen molar-refractivity contribution in [3.05, 3.63) is 78.3 Å². The Hall–Kier alpha value is -4.35. The van der Waals surface area contributed by atoms with Gasteiger partial charge in [-0.15, -0.1) is 0 Å². The summed E-state index contributed by atoms with van der Waals surface area (Å²) < 4.78 is 37.1. The molecule has 1 aliphatic rings. The van der Waals surface area contributed by atoms with Crippen LogP contribution >= 0.6 is 0 Å². The van der Waals surface area contributed by atoms with Crippen LogP contribution in [0.5, 0.6) is 0 Å². The second kappa shape index (κ2) is 11.6. The number of ether oxygens (including phenoxy) is 1. The largest absolute Gasteiger partial charge is 0.383 e. The molecule has 11 heteroatoms. The number of hydrogen-bond donors (Lipinski definition) is 2. The van der Waals surface area contributed by atoms with Crippen LogP contribution in [-0.4, -0.2) is 71.6 Å². The Morgan fingerprint density at radius 1 is 1.13 bits per heavy atom. The quantitative estimate of drug-likeness (QED) is 0.317. The summed E-state index contributed by atoms with van der Waals surface area (Å²) in [5.74, 6) is -2.29. The number of nitrogens with zero attached hydrogens (tertiary/aromatic N) is 5. The van der Waals surface area contributed by atoms with Crippen LogP contribution in [0.3, 0.4) is 0 Å². The molecule has 39 heavy (non-hydrogen) atoms. The first kappa shape index (κ1) is 26.3. The average Bonchev–Trinajstić information content (AvgIpc) is 3.37. The van der Waals surface area contributed by atoms with E-state index in [-0.39, 0.29) is 17.3 Å². The number of rotatable bonds is 9. The van der Waals surface area contributed by atoms with Crippen molar-refractivity contribution in [2.24, 2.45) is 5.73 Å². The topological polar surface area (TPSA) is 101 Å². The van der Waals surface area contributed by atoms with Gasteiger partial charge in [0.25, 0.3) is 0 Å². The van der Waals surface area contributed by atoms with Gasteiger partial charge in [-0.25, -0.2) is 13.8 Å². The number of aromatic nitrogens is 3. The van der Waals surface area contributed by atoms with Crippen LogP contribution in [0, 0.1) is 11.6 Å². The Bertz CT molecular complexity index is 1510. The summed E-state index contributed by atoms with van der Waals surface area (Å²) in [7, 11) is 1.66. The van der Waals surface area contributed by atoms with E-state index in [0.29, 0.717) is 25.3 Å². The normalized spacial score (nSPS) is 14.4. The van der Waals surface area contributed by atoms with Gasteiger partial charge in [0.1, 0.15) is 12.0 Å². The predicted octanol–water partition coefficient (Wildman–Crippen LogP) is 3.69. The van der Waals surface area contributed by atoms with E-state index in [1.165, 1.54) is 12.1 Å². The molecule has 0 saturated carbocycles. The zero-order valence-corrected chi connectivity index (χ0v) is 21.5. The standard InChI is InChI=1S/C28H29F2N7O2/c1-39-16-15-35-11-13-36(14-12-35)23-7-6-22(25(29)26(23)30)33-28-32-18-37-10-9-21(27(37)34-28)20-4-2-3-19(17-20)5-8-24(31)38/h2-10,17-18H,11-16H2,1H3,(H2,31,38)(H,33,34). The van der Waals surface area contributed by atoms with Crippen LogP contribution in [0.25, 0.3) is 22.9 Å². The molecule has 5 rings (SSSR count). The van der Waals surface area contributed by atoms with E-state index < -0.39 is 17.5 Å². The fourth-order valence-corrected chi connectivity index (χ4v) is 4.60. The summed E-state index contributed by atoms with van der Waals surface area (Å²) in [6, 6.07) is 12.5. The highest BCUT2D eigenvalue weighted by Crippen LogP contribution is 2.30. The van der Waals surface area contributed by atoms with E-state index in [9.17, 15) is 4.79 Å². The van der Waals surface area contributed by atoms with Crippen molar-refractivity contribution in [2.75, 3.05) is 56.7 Å². The van der Waals surface area contributed by atoms with Gasteiger partial charge in [-0.1, -0.05) is 18.2 Å². The summed E-state index contributed by atoms with van der Waals surface area (Å²) in [5, 5.41) is 2.82. The smallest absolute Gasteiger partial charge is 0.241 e. The van der Waals surface area contributed by atoms with Gasteiger partial charge < -0.3 is 20.7 Å². The minimum Gasteiger partial charge on any atom is -0.383 e. The van der Waals surface area contributed by atoms with Crippen molar-refractivity contribution in [3.63, 3.8) is 0 Å². The second-order valence-electron chi connectivity index (χ2n) is 9.21. The highest BCUT2D eigenvalue weighted by molar-refractivity contribution is 5.90. The highest BCUT2D eigenvalue weighted by atomic mass is 19.2. The maximum Gasteiger partial charge on any atom is 0.241 e. The van der Waals surface area contributed by atoms with E-state index in [0.717, 1.165) is 36.3 Å². The minimum absolute atomic E-state index is 0.0500. The van der Waals surface area contributed by atoms with Crippen molar-refractivity contribution < 1.29 is 18.3 Å². The minimum atomic E-state index is -0.984. The molecule has 4 aromatic rings. The number of carbonyl (C=O) groups excluding carboxylic acids is 1. The number of fused-ring (bicyclic) bond motifs is 1. The zero-order valence-electron chi connectivity index (χ0n) is 21.5. The molecule has 2 aromatic heterocycles. The molecular formula is C28H29F2N7O2.